The largest absolute Gasteiger partial charge is 0.492 e. The van der Waals surface area contributed by atoms with Gasteiger partial charge in [0.15, 0.2) is 9.84 Å². The first-order chi connectivity index (χ1) is 10.0. The second-order valence-electron chi connectivity index (χ2n) is 4.48. The van der Waals surface area contributed by atoms with Crippen LogP contribution in [0, 0.1) is 0 Å². The average Bonchev–Trinajstić information content (AvgIpc) is 2.47. The third-order valence-corrected chi connectivity index (χ3v) is 4.82. The van der Waals surface area contributed by atoms with E-state index in [0.29, 0.717) is 17.3 Å². The summed E-state index contributed by atoms with van der Waals surface area (Å²) in [7, 11) is -3.39. The number of rotatable bonds is 6. The van der Waals surface area contributed by atoms with E-state index in [9.17, 15) is 8.42 Å². The molecule has 4 nitrogen and oxygen atoms in total. The lowest BCUT2D eigenvalue weighted by Crippen LogP contribution is -2.14. The smallest absolute Gasteiger partial charge is 0.181 e. The first-order valence-corrected chi connectivity index (χ1v) is 8.44. The van der Waals surface area contributed by atoms with Gasteiger partial charge in [0.05, 0.1) is 10.6 Å². The monoisotopic (exact) mass is 325 g/mol. The van der Waals surface area contributed by atoms with Crippen molar-refractivity contribution < 1.29 is 13.2 Å². The highest BCUT2D eigenvalue weighted by Crippen LogP contribution is 2.18. The van der Waals surface area contributed by atoms with Gasteiger partial charge in [-0.05, 0) is 35.9 Å². The highest BCUT2D eigenvalue weighted by atomic mass is 35.5. The lowest BCUT2D eigenvalue weighted by Gasteiger charge is -2.08. The van der Waals surface area contributed by atoms with Gasteiger partial charge in [-0.15, -0.1) is 0 Å². The minimum Gasteiger partial charge on any atom is -0.492 e. The van der Waals surface area contributed by atoms with Crippen molar-refractivity contribution in [3.8, 4) is 5.75 Å². The van der Waals surface area contributed by atoms with Crippen LogP contribution in [0.5, 0.6) is 5.75 Å². The number of nitrogens with two attached hydrogens (primary N) is 1. The Kier molecular flexibility index (Phi) is 5.22. The molecule has 0 heterocycles. The Balaban J connectivity index is 2.01. The number of sulfone groups is 1. The average molecular weight is 326 g/mol. The van der Waals surface area contributed by atoms with E-state index in [1.165, 1.54) is 0 Å². The standard InChI is InChI=1S/C15H16ClNO3S/c16-13-4-2-5-14(10-13)20-7-8-21(18,19)15-6-1-3-12(9-15)11-17/h1-6,9-10H,7-8,11,17H2. The lowest BCUT2D eigenvalue weighted by molar-refractivity contribution is 0.341. The summed E-state index contributed by atoms with van der Waals surface area (Å²) in [4.78, 5) is 0.264. The van der Waals surface area contributed by atoms with Crippen LogP contribution in [-0.4, -0.2) is 20.8 Å². The van der Waals surface area contributed by atoms with Gasteiger partial charge >= 0.3 is 0 Å². The van der Waals surface area contributed by atoms with E-state index in [4.69, 9.17) is 22.1 Å². The van der Waals surface area contributed by atoms with Crippen molar-refractivity contribution in [1.82, 2.24) is 0 Å². The first-order valence-electron chi connectivity index (χ1n) is 6.41. The predicted octanol–water partition coefficient (Wildman–Crippen LogP) is 2.65. The Morgan fingerprint density at radius 2 is 1.86 bits per heavy atom. The zero-order valence-corrected chi connectivity index (χ0v) is 12.9. The third kappa shape index (κ3) is 4.46. The highest BCUT2D eigenvalue weighted by Gasteiger charge is 2.14. The Morgan fingerprint density at radius 3 is 2.57 bits per heavy atom. The van der Waals surface area contributed by atoms with Crippen LogP contribution in [0.25, 0.3) is 0 Å². The maximum atomic E-state index is 12.2. The molecule has 0 saturated heterocycles. The van der Waals surface area contributed by atoms with Crippen molar-refractivity contribution >= 4 is 21.4 Å². The van der Waals surface area contributed by atoms with E-state index in [0.717, 1.165) is 5.56 Å². The van der Waals surface area contributed by atoms with E-state index >= 15 is 0 Å². The molecule has 0 spiro atoms. The van der Waals surface area contributed by atoms with Crippen LogP contribution >= 0.6 is 11.6 Å². The third-order valence-electron chi connectivity index (χ3n) is 2.91. The molecule has 112 valence electrons. The molecule has 0 saturated carbocycles. The molecule has 0 aliphatic carbocycles. The van der Waals surface area contributed by atoms with E-state index in [-0.39, 0.29) is 17.3 Å². The van der Waals surface area contributed by atoms with Gasteiger partial charge in [-0.1, -0.05) is 29.8 Å². The van der Waals surface area contributed by atoms with Crippen LogP contribution in [0.15, 0.2) is 53.4 Å². The Bertz CT molecular complexity index is 716. The zero-order valence-electron chi connectivity index (χ0n) is 11.3. The number of halogens is 1. The minimum absolute atomic E-state index is 0.0650. The molecule has 0 aliphatic rings. The maximum absolute atomic E-state index is 12.2. The minimum atomic E-state index is -3.39. The van der Waals surface area contributed by atoms with Crippen LogP contribution in [0.2, 0.25) is 5.02 Å². The fourth-order valence-corrected chi connectivity index (χ4v) is 3.15. The van der Waals surface area contributed by atoms with Gasteiger partial charge in [0.1, 0.15) is 12.4 Å². The summed E-state index contributed by atoms with van der Waals surface area (Å²) in [6.07, 6.45) is 0. The highest BCUT2D eigenvalue weighted by molar-refractivity contribution is 7.91. The van der Waals surface area contributed by atoms with Crippen molar-refractivity contribution in [2.45, 2.75) is 11.4 Å². The second-order valence-corrected chi connectivity index (χ2v) is 7.02. The normalized spacial score (nSPS) is 11.3. The molecule has 0 amide bonds. The molecule has 21 heavy (non-hydrogen) atoms. The Labute approximate surface area is 129 Å². The summed E-state index contributed by atoms with van der Waals surface area (Å²) in [5.74, 6) is 0.446. The molecule has 0 unspecified atom stereocenters. The molecule has 0 radical (unpaired) electrons. The van der Waals surface area contributed by atoms with E-state index in [2.05, 4.69) is 0 Å². The molecular weight excluding hydrogens is 310 g/mol. The SMILES string of the molecule is NCc1cccc(S(=O)(=O)CCOc2cccc(Cl)c2)c1. The summed E-state index contributed by atoms with van der Waals surface area (Å²) >= 11 is 5.83. The van der Waals surface area contributed by atoms with Crippen molar-refractivity contribution in [3.05, 3.63) is 59.1 Å². The zero-order chi connectivity index (χ0) is 15.3. The second kappa shape index (κ2) is 6.93. The van der Waals surface area contributed by atoms with Crippen LogP contribution in [-0.2, 0) is 16.4 Å². The summed E-state index contributed by atoms with van der Waals surface area (Å²) in [5, 5.41) is 0.547. The van der Waals surface area contributed by atoms with Gasteiger partial charge < -0.3 is 10.5 Å². The number of hydrogen-bond donors (Lipinski definition) is 1. The molecule has 0 aromatic heterocycles. The van der Waals surface area contributed by atoms with E-state index in [1.54, 1.807) is 48.5 Å². The van der Waals surface area contributed by atoms with Crippen molar-refractivity contribution in [2.75, 3.05) is 12.4 Å². The van der Waals surface area contributed by atoms with E-state index < -0.39 is 9.84 Å². The molecule has 0 bridgehead atoms. The Morgan fingerprint density at radius 1 is 1.10 bits per heavy atom. The number of ether oxygens (including phenoxy) is 1. The molecule has 2 rings (SSSR count). The molecule has 0 aliphatic heterocycles. The van der Waals surface area contributed by atoms with Gasteiger partial charge in [0, 0.05) is 11.6 Å². The summed E-state index contributed by atoms with van der Waals surface area (Å²) in [6.45, 7) is 0.373. The van der Waals surface area contributed by atoms with Gasteiger partial charge in [0.25, 0.3) is 0 Å². The van der Waals surface area contributed by atoms with Crippen molar-refractivity contribution in [1.29, 1.82) is 0 Å². The molecule has 0 atom stereocenters. The van der Waals surface area contributed by atoms with Crippen LogP contribution in [0.3, 0.4) is 0 Å². The topological polar surface area (TPSA) is 69.4 Å². The quantitative estimate of drug-likeness (QED) is 0.886. The molecule has 2 aromatic carbocycles. The van der Waals surface area contributed by atoms with Crippen LogP contribution < -0.4 is 10.5 Å². The molecule has 2 N–H and O–H groups in total. The predicted molar refractivity (Wildman–Crippen MR) is 83.3 cm³/mol. The van der Waals surface area contributed by atoms with Crippen LogP contribution in [0.4, 0.5) is 0 Å². The Hall–Kier alpha value is -1.56. The first kappa shape index (κ1) is 15.8. The molecule has 0 fully saturated rings. The molecule has 6 heteroatoms. The van der Waals surface area contributed by atoms with Crippen molar-refractivity contribution in [3.63, 3.8) is 0 Å². The van der Waals surface area contributed by atoms with Crippen molar-refractivity contribution in [2.24, 2.45) is 5.73 Å². The molecular formula is C15H16ClNO3S. The fourth-order valence-electron chi connectivity index (χ4n) is 1.81. The summed E-state index contributed by atoms with van der Waals surface area (Å²) in [6, 6.07) is 13.5. The number of benzene rings is 2. The van der Waals surface area contributed by atoms with Gasteiger partial charge in [-0.2, -0.15) is 0 Å². The van der Waals surface area contributed by atoms with Gasteiger partial charge in [0.2, 0.25) is 0 Å². The van der Waals surface area contributed by atoms with Gasteiger partial charge in [-0.25, -0.2) is 8.42 Å². The molecule has 2 aromatic rings. The van der Waals surface area contributed by atoms with Crippen LogP contribution in [0.1, 0.15) is 5.56 Å². The lowest BCUT2D eigenvalue weighted by atomic mass is 10.2. The number of hydrogen-bond acceptors (Lipinski definition) is 4. The maximum Gasteiger partial charge on any atom is 0.181 e. The fraction of sp³-hybridized carbons (Fsp3) is 0.200. The summed E-state index contributed by atoms with van der Waals surface area (Å²) < 4.78 is 29.8. The summed E-state index contributed by atoms with van der Waals surface area (Å²) in [5.41, 5.74) is 6.30. The van der Waals surface area contributed by atoms with E-state index in [1.807, 2.05) is 0 Å². The van der Waals surface area contributed by atoms with Gasteiger partial charge in [-0.3, -0.25) is 0 Å².